The highest BCUT2D eigenvalue weighted by Crippen LogP contribution is 2.27. The van der Waals surface area contributed by atoms with Crippen LogP contribution >= 0.6 is 11.8 Å². The van der Waals surface area contributed by atoms with E-state index in [9.17, 15) is 4.39 Å². The van der Waals surface area contributed by atoms with Gasteiger partial charge < -0.3 is 0 Å². The molecular formula is C15H17FN2S. The van der Waals surface area contributed by atoms with Crippen molar-refractivity contribution in [3.8, 4) is 0 Å². The molecule has 0 aliphatic heterocycles. The Balaban J connectivity index is 2.25. The van der Waals surface area contributed by atoms with Gasteiger partial charge in [0.25, 0.3) is 0 Å². The molecule has 2 aromatic carbocycles. The Kier molecular flexibility index (Phi) is 4.96. The van der Waals surface area contributed by atoms with Gasteiger partial charge in [-0.15, -0.1) is 11.8 Å². The number of halogens is 1. The molecular weight excluding hydrogens is 259 g/mol. The summed E-state index contributed by atoms with van der Waals surface area (Å²) >= 11 is 1.68. The van der Waals surface area contributed by atoms with Crippen molar-refractivity contribution in [1.82, 2.24) is 5.43 Å². The number of hydrogen-bond donors (Lipinski definition) is 2. The topological polar surface area (TPSA) is 38.0 Å². The van der Waals surface area contributed by atoms with Gasteiger partial charge in [-0.2, -0.15) is 0 Å². The largest absolute Gasteiger partial charge is 0.271 e. The quantitative estimate of drug-likeness (QED) is 0.500. The van der Waals surface area contributed by atoms with Gasteiger partial charge in [0.15, 0.2) is 0 Å². The molecule has 0 bridgehead atoms. The van der Waals surface area contributed by atoms with Gasteiger partial charge in [0.2, 0.25) is 0 Å². The minimum Gasteiger partial charge on any atom is -0.271 e. The summed E-state index contributed by atoms with van der Waals surface area (Å²) in [6.07, 6.45) is 2.69. The van der Waals surface area contributed by atoms with Crippen LogP contribution < -0.4 is 11.3 Å². The fourth-order valence-electron chi connectivity index (χ4n) is 2.11. The highest BCUT2D eigenvalue weighted by atomic mass is 32.2. The predicted molar refractivity (Wildman–Crippen MR) is 78.4 cm³/mol. The maximum absolute atomic E-state index is 13.2. The summed E-state index contributed by atoms with van der Waals surface area (Å²) in [4.78, 5) is 1.18. The Labute approximate surface area is 117 Å². The molecule has 0 radical (unpaired) electrons. The third-order valence-corrected chi connectivity index (χ3v) is 3.86. The average molecular weight is 276 g/mol. The SMILES string of the molecule is CSc1ccccc1C(Cc1cccc(F)c1)NN. The van der Waals surface area contributed by atoms with Crippen molar-refractivity contribution in [2.45, 2.75) is 17.4 Å². The zero-order chi connectivity index (χ0) is 13.7. The molecule has 100 valence electrons. The number of nitrogens with two attached hydrogens (primary N) is 1. The summed E-state index contributed by atoms with van der Waals surface area (Å²) in [5.41, 5.74) is 4.90. The van der Waals surface area contributed by atoms with E-state index in [1.165, 1.54) is 11.0 Å². The molecule has 0 saturated heterocycles. The standard InChI is InChI=1S/C15H17FN2S/c1-19-15-8-3-2-7-13(15)14(18-17)10-11-5-4-6-12(16)9-11/h2-9,14,18H,10,17H2,1H3. The summed E-state index contributed by atoms with van der Waals surface area (Å²) in [7, 11) is 0. The van der Waals surface area contributed by atoms with Crippen molar-refractivity contribution >= 4 is 11.8 Å². The minimum absolute atomic E-state index is 0.0227. The van der Waals surface area contributed by atoms with E-state index in [4.69, 9.17) is 5.84 Å². The summed E-state index contributed by atoms with van der Waals surface area (Å²) in [6.45, 7) is 0. The number of benzene rings is 2. The second-order valence-corrected chi connectivity index (χ2v) is 5.14. The lowest BCUT2D eigenvalue weighted by atomic mass is 9.99. The van der Waals surface area contributed by atoms with E-state index < -0.39 is 0 Å². The monoisotopic (exact) mass is 276 g/mol. The molecule has 0 fully saturated rings. The minimum atomic E-state index is -0.216. The van der Waals surface area contributed by atoms with Crippen molar-refractivity contribution < 1.29 is 4.39 Å². The predicted octanol–water partition coefficient (Wildman–Crippen LogP) is 3.29. The lowest BCUT2D eigenvalue weighted by Gasteiger charge is -2.19. The molecule has 1 unspecified atom stereocenters. The molecule has 0 spiro atoms. The average Bonchev–Trinajstić information content (AvgIpc) is 2.45. The van der Waals surface area contributed by atoms with E-state index in [1.807, 2.05) is 24.5 Å². The fourth-order valence-corrected chi connectivity index (χ4v) is 2.77. The van der Waals surface area contributed by atoms with Gasteiger partial charge in [0.05, 0.1) is 6.04 Å². The summed E-state index contributed by atoms with van der Waals surface area (Å²) < 4.78 is 13.2. The Bertz CT molecular complexity index is 545. The van der Waals surface area contributed by atoms with Crippen molar-refractivity contribution in [2.24, 2.45) is 5.84 Å². The van der Waals surface area contributed by atoms with Crippen molar-refractivity contribution in [1.29, 1.82) is 0 Å². The highest BCUT2D eigenvalue weighted by molar-refractivity contribution is 7.98. The van der Waals surface area contributed by atoms with Gasteiger partial charge in [-0.25, -0.2) is 4.39 Å². The van der Waals surface area contributed by atoms with Crippen LogP contribution in [-0.4, -0.2) is 6.26 Å². The van der Waals surface area contributed by atoms with Crippen LogP contribution in [0, 0.1) is 5.82 Å². The van der Waals surface area contributed by atoms with Crippen molar-refractivity contribution in [3.63, 3.8) is 0 Å². The normalized spacial score (nSPS) is 12.4. The Morgan fingerprint density at radius 2 is 2.00 bits per heavy atom. The van der Waals surface area contributed by atoms with Gasteiger partial charge in [-0.3, -0.25) is 11.3 Å². The maximum Gasteiger partial charge on any atom is 0.123 e. The molecule has 0 saturated carbocycles. The van der Waals surface area contributed by atoms with E-state index in [1.54, 1.807) is 23.9 Å². The van der Waals surface area contributed by atoms with Crippen LogP contribution in [0.25, 0.3) is 0 Å². The van der Waals surface area contributed by atoms with Crippen LogP contribution in [0.2, 0.25) is 0 Å². The van der Waals surface area contributed by atoms with Crippen molar-refractivity contribution in [3.05, 3.63) is 65.5 Å². The molecule has 0 amide bonds. The molecule has 2 aromatic rings. The molecule has 4 heteroatoms. The van der Waals surface area contributed by atoms with Gasteiger partial charge in [0.1, 0.15) is 5.82 Å². The number of thioether (sulfide) groups is 1. The first-order valence-electron chi connectivity index (χ1n) is 6.08. The number of hydrogen-bond acceptors (Lipinski definition) is 3. The lowest BCUT2D eigenvalue weighted by Crippen LogP contribution is -2.30. The number of hydrazine groups is 1. The van der Waals surface area contributed by atoms with Crippen LogP contribution in [0.1, 0.15) is 17.2 Å². The summed E-state index contributed by atoms with van der Waals surface area (Å²) in [5, 5.41) is 0. The molecule has 1 atom stereocenters. The van der Waals surface area contributed by atoms with E-state index in [0.717, 1.165) is 11.1 Å². The Morgan fingerprint density at radius 3 is 2.68 bits per heavy atom. The van der Waals surface area contributed by atoms with Crippen LogP contribution in [0.3, 0.4) is 0 Å². The lowest BCUT2D eigenvalue weighted by molar-refractivity contribution is 0.541. The second kappa shape index (κ2) is 6.70. The summed E-state index contributed by atoms with van der Waals surface area (Å²) in [6, 6.07) is 14.7. The first kappa shape index (κ1) is 14.1. The van der Waals surface area contributed by atoms with E-state index in [2.05, 4.69) is 17.6 Å². The Hall–Kier alpha value is -1.36. The van der Waals surface area contributed by atoms with Gasteiger partial charge >= 0.3 is 0 Å². The molecule has 19 heavy (non-hydrogen) atoms. The van der Waals surface area contributed by atoms with E-state index >= 15 is 0 Å². The molecule has 2 rings (SSSR count). The van der Waals surface area contributed by atoms with Crippen LogP contribution in [0.5, 0.6) is 0 Å². The van der Waals surface area contributed by atoms with Crippen LogP contribution in [0.15, 0.2) is 53.4 Å². The highest BCUT2D eigenvalue weighted by Gasteiger charge is 2.14. The third-order valence-electron chi connectivity index (χ3n) is 3.04. The van der Waals surface area contributed by atoms with E-state index in [-0.39, 0.29) is 11.9 Å². The maximum atomic E-state index is 13.2. The molecule has 3 N–H and O–H groups in total. The molecule has 0 heterocycles. The molecule has 0 aromatic heterocycles. The summed E-state index contributed by atoms with van der Waals surface area (Å²) in [5.74, 6) is 5.44. The van der Waals surface area contributed by atoms with Gasteiger partial charge in [-0.05, 0) is 42.0 Å². The van der Waals surface area contributed by atoms with Crippen LogP contribution in [-0.2, 0) is 6.42 Å². The van der Waals surface area contributed by atoms with Gasteiger partial charge in [-0.1, -0.05) is 30.3 Å². The molecule has 0 aliphatic rings. The van der Waals surface area contributed by atoms with Crippen molar-refractivity contribution in [2.75, 3.05) is 6.26 Å². The first-order valence-corrected chi connectivity index (χ1v) is 7.30. The third kappa shape index (κ3) is 3.56. The smallest absolute Gasteiger partial charge is 0.123 e. The number of rotatable bonds is 5. The second-order valence-electron chi connectivity index (χ2n) is 4.30. The number of nitrogens with one attached hydrogen (secondary N) is 1. The first-order chi connectivity index (χ1) is 9.24. The van der Waals surface area contributed by atoms with E-state index in [0.29, 0.717) is 6.42 Å². The zero-order valence-corrected chi connectivity index (χ0v) is 11.6. The molecule has 2 nitrogen and oxygen atoms in total. The van der Waals surface area contributed by atoms with Crippen LogP contribution in [0.4, 0.5) is 4.39 Å². The Morgan fingerprint density at radius 1 is 1.21 bits per heavy atom. The molecule has 0 aliphatic carbocycles. The zero-order valence-electron chi connectivity index (χ0n) is 10.8. The fraction of sp³-hybridized carbons (Fsp3) is 0.200. The van der Waals surface area contributed by atoms with Gasteiger partial charge in [0, 0.05) is 4.90 Å².